The van der Waals surface area contributed by atoms with Crippen LogP contribution in [0.25, 0.3) is 10.9 Å². The molecule has 1 aliphatic heterocycles. The van der Waals surface area contributed by atoms with Crippen LogP contribution >= 0.6 is 0 Å². The number of nitrogens with one attached hydrogen (secondary N) is 1. The Kier molecular flexibility index (Phi) is 5.14. The number of fused-ring (bicyclic) bond motifs is 2. The van der Waals surface area contributed by atoms with E-state index in [4.69, 9.17) is 4.74 Å². The number of para-hydroxylation sites is 1. The third kappa shape index (κ3) is 3.50. The van der Waals surface area contributed by atoms with E-state index in [1.165, 1.54) is 0 Å². The molecule has 0 saturated carbocycles. The first-order valence-electron chi connectivity index (χ1n) is 9.96. The molecule has 0 fully saturated rings. The summed E-state index contributed by atoms with van der Waals surface area (Å²) >= 11 is 0. The Morgan fingerprint density at radius 3 is 2.13 bits per heavy atom. The van der Waals surface area contributed by atoms with Crippen LogP contribution < -0.4 is 5.56 Å². The molecule has 0 bridgehead atoms. The van der Waals surface area contributed by atoms with Crippen molar-refractivity contribution in [2.45, 2.75) is 32.9 Å². The zero-order valence-corrected chi connectivity index (χ0v) is 17.3. The molecule has 0 saturated heterocycles. The van der Waals surface area contributed by atoms with Gasteiger partial charge in [-0.05, 0) is 37.1 Å². The van der Waals surface area contributed by atoms with Gasteiger partial charge in [-0.2, -0.15) is 0 Å². The summed E-state index contributed by atoms with van der Waals surface area (Å²) in [5.74, 6) is -2.00. The Bertz CT molecular complexity index is 1230. The second-order valence-corrected chi connectivity index (χ2v) is 7.76. The van der Waals surface area contributed by atoms with Crippen LogP contribution in [0.4, 0.5) is 0 Å². The molecular formula is C23H21N3O5. The van der Waals surface area contributed by atoms with Crippen LogP contribution in [-0.4, -0.2) is 38.7 Å². The average Bonchev–Trinajstić information content (AvgIpc) is 2.99. The Morgan fingerprint density at radius 1 is 0.935 bits per heavy atom. The number of rotatable bonds is 5. The molecule has 0 unspecified atom stereocenters. The number of ether oxygens (including phenoxy) is 1. The van der Waals surface area contributed by atoms with E-state index < -0.39 is 29.9 Å². The van der Waals surface area contributed by atoms with Crippen molar-refractivity contribution in [3.05, 3.63) is 75.8 Å². The van der Waals surface area contributed by atoms with E-state index in [1.54, 1.807) is 69.3 Å². The fourth-order valence-corrected chi connectivity index (χ4v) is 3.73. The van der Waals surface area contributed by atoms with E-state index in [1.807, 2.05) is 0 Å². The molecule has 4 rings (SSSR count). The topological polar surface area (TPSA) is 109 Å². The van der Waals surface area contributed by atoms with Crippen molar-refractivity contribution >= 4 is 28.7 Å². The minimum absolute atomic E-state index is 0.182. The first-order valence-corrected chi connectivity index (χ1v) is 9.96. The number of nitrogens with zero attached hydrogens (tertiary/aromatic N) is 2. The van der Waals surface area contributed by atoms with Crippen molar-refractivity contribution in [2.24, 2.45) is 5.92 Å². The molecule has 158 valence electrons. The molecule has 8 nitrogen and oxygen atoms in total. The van der Waals surface area contributed by atoms with Crippen molar-refractivity contribution in [3.8, 4) is 0 Å². The predicted octanol–water partition coefficient (Wildman–Crippen LogP) is 2.85. The zero-order chi connectivity index (χ0) is 22.3. The van der Waals surface area contributed by atoms with Gasteiger partial charge >= 0.3 is 5.97 Å². The van der Waals surface area contributed by atoms with Crippen molar-refractivity contribution < 1.29 is 19.1 Å². The summed E-state index contributed by atoms with van der Waals surface area (Å²) in [6.07, 6.45) is -0.888. The third-order valence-corrected chi connectivity index (χ3v) is 5.29. The fraction of sp³-hybridized carbons (Fsp3) is 0.261. The first kappa shape index (κ1) is 20.5. The number of carbonyl (C=O) groups excluding carboxylic acids is 3. The highest BCUT2D eigenvalue weighted by atomic mass is 16.5. The van der Waals surface area contributed by atoms with E-state index in [9.17, 15) is 19.2 Å². The fourth-order valence-electron chi connectivity index (χ4n) is 3.73. The predicted molar refractivity (Wildman–Crippen MR) is 112 cm³/mol. The summed E-state index contributed by atoms with van der Waals surface area (Å²) in [5.41, 5.74) is 0.660. The molecule has 8 heteroatoms. The molecule has 0 spiro atoms. The Balaban J connectivity index is 1.61. The molecule has 1 aliphatic rings. The van der Waals surface area contributed by atoms with Gasteiger partial charge in [0, 0.05) is 0 Å². The van der Waals surface area contributed by atoms with Gasteiger partial charge < -0.3 is 9.72 Å². The molecule has 2 amide bonds. The van der Waals surface area contributed by atoms with Gasteiger partial charge in [-0.25, -0.2) is 9.78 Å². The van der Waals surface area contributed by atoms with Gasteiger partial charge in [-0.15, -0.1) is 0 Å². The number of H-pyrrole nitrogens is 1. The van der Waals surface area contributed by atoms with Crippen molar-refractivity contribution in [1.82, 2.24) is 14.9 Å². The van der Waals surface area contributed by atoms with Gasteiger partial charge in [-0.1, -0.05) is 38.1 Å². The number of hydrogen-bond acceptors (Lipinski definition) is 6. The maximum absolute atomic E-state index is 13.1. The maximum atomic E-state index is 13.1. The van der Waals surface area contributed by atoms with E-state index in [0.717, 1.165) is 4.90 Å². The number of imide groups is 1. The van der Waals surface area contributed by atoms with Crippen LogP contribution in [0, 0.1) is 5.92 Å². The molecule has 1 N–H and O–H groups in total. The van der Waals surface area contributed by atoms with Gasteiger partial charge in [0.25, 0.3) is 17.4 Å². The Labute approximate surface area is 177 Å². The highest BCUT2D eigenvalue weighted by Gasteiger charge is 2.45. The largest absolute Gasteiger partial charge is 0.453 e. The van der Waals surface area contributed by atoms with Crippen molar-refractivity contribution in [3.63, 3.8) is 0 Å². The minimum atomic E-state index is -1.11. The van der Waals surface area contributed by atoms with Crippen LogP contribution in [0.1, 0.15) is 53.4 Å². The van der Waals surface area contributed by atoms with E-state index in [-0.39, 0.29) is 28.4 Å². The maximum Gasteiger partial charge on any atom is 0.330 e. The van der Waals surface area contributed by atoms with Crippen molar-refractivity contribution in [1.29, 1.82) is 0 Å². The average molecular weight is 419 g/mol. The second kappa shape index (κ2) is 7.79. The normalized spacial score (nSPS) is 15.3. The zero-order valence-electron chi connectivity index (χ0n) is 17.3. The van der Waals surface area contributed by atoms with Crippen LogP contribution in [-0.2, 0) is 9.53 Å². The smallest absolute Gasteiger partial charge is 0.330 e. The lowest BCUT2D eigenvalue weighted by atomic mass is 10.0. The summed E-state index contributed by atoms with van der Waals surface area (Å²) in [5, 5.41) is 0.427. The summed E-state index contributed by atoms with van der Waals surface area (Å²) < 4.78 is 5.55. The monoisotopic (exact) mass is 419 g/mol. The number of hydrogen-bond donors (Lipinski definition) is 1. The Hall–Kier alpha value is -3.81. The van der Waals surface area contributed by atoms with Crippen LogP contribution in [0.3, 0.4) is 0 Å². The number of benzene rings is 2. The van der Waals surface area contributed by atoms with Gasteiger partial charge in [0.1, 0.15) is 6.04 Å². The molecule has 2 aromatic carbocycles. The lowest BCUT2D eigenvalue weighted by molar-refractivity contribution is -0.155. The number of aromatic nitrogens is 2. The minimum Gasteiger partial charge on any atom is -0.453 e. The quantitative estimate of drug-likeness (QED) is 0.503. The highest BCUT2D eigenvalue weighted by molar-refractivity contribution is 6.22. The van der Waals surface area contributed by atoms with Crippen LogP contribution in [0.2, 0.25) is 0 Å². The SMILES string of the molecule is CC(C)[C@H](C(=O)O[C@@H](C)c1nc2ccccc2c(=O)[nH]1)N1C(=O)c2ccccc2C1=O. The van der Waals surface area contributed by atoms with Crippen LogP contribution in [0.5, 0.6) is 0 Å². The van der Waals surface area contributed by atoms with E-state index >= 15 is 0 Å². The van der Waals surface area contributed by atoms with Gasteiger partial charge in [0.15, 0.2) is 11.9 Å². The van der Waals surface area contributed by atoms with E-state index in [2.05, 4.69) is 9.97 Å². The molecule has 3 aromatic rings. The molecular weight excluding hydrogens is 398 g/mol. The van der Waals surface area contributed by atoms with Gasteiger partial charge in [0.05, 0.1) is 22.0 Å². The summed E-state index contributed by atoms with van der Waals surface area (Å²) in [6.45, 7) is 5.04. The highest BCUT2D eigenvalue weighted by Crippen LogP contribution is 2.28. The lowest BCUT2D eigenvalue weighted by Crippen LogP contribution is -2.48. The lowest BCUT2D eigenvalue weighted by Gasteiger charge is -2.28. The van der Waals surface area contributed by atoms with Crippen LogP contribution in [0.15, 0.2) is 53.3 Å². The summed E-state index contributed by atoms with van der Waals surface area (Å²) in [6, 6.07) is 12.2. The van der Waals surface area contributed by atoms with Crippen molar-refractivity contribution in [2.75, 3.05) is 0 Å². The molecule has 31 heavy (non-hydrogen) atoms. The molecule has 1 aromatic heterocycles. The standard InChI is InChI=1S/C23H21N3O5/c1-12(2)18(26-21(28)14-8-4-5-9-15(14)22(26)29)23(30)31-13(3)19-24-17-11-7-6-10-16(17)20(27)25-19/h4-13,18H,1-3H3,(H,24,25,27)/t13-,18+/m0/s1. The summed E-state index contributed by atoms with van der Waals surface area (Å²) in [4.78, 5) is 59.0. The molecule has 0 aliphatic carbocycles. The molecule has 2 heterocycles. The van der Waals surface area contributed by atoms with E-state index in [0.29, 0.717) is 10.9 Å². The Morgan fingerprint density at radius 2 is 1.52 bits per heavy atom. The molecule has 2 atom stereocenters. The number of amides is 2. The molecule has 0 radical (unpaired) electrons. The van der Waals surface area contributed by atoms with Gasteiger partial charge in [-0.3, -0.25) is 19.3 Å². The number of carbonyl (C=O) groups is 3. The first-order chi connectivity index (χ1) is 14.8. The number of esters is 1. The number of aromatic amines is 1. The third-order valence-electron chi connectivity index (χ3n) is 5.29. The second-order valence-electron chi connectivity index (χ2n) is 7.76. The summed E-state index contributed by atoms with van der Waals surface area (Å²) in [7, 11) is 0. The van der Waals surface area contributed by atoms with Gasteiger partial charge in [0.2, 0.25) is 0 Å².